The van der Waals surface area contributed by atoms with Gasteiger partial charge < -0.3 is 15.0 Å². The molecule has 2 amide bonds. The molecule has 1 aromatic carbocycles. The summed E-state index contributed by atoms with van der Waals surface area (Å²) in [6, 6.07) is 9.05. The van der Waals surface area contributed by atoms with Gasteiger partial charge in [-0.1, -0.05) is 11.6 Å². The standard InChI is InChI=1S/C21H20ClN3O3S/c22-17-3-4-18(20-16(17)2-1-8-23-20)28-12-19(26)25-9-5-15(6-10-25)24-21(27)14-7-11-29-13-14/h1-4,7-8,11,13,15H,5-6,9-10,12H2,(H,24,27). The number of piperidine rings is 1. The van der Waals surface area contributed by atoms with Crippen LogP contribution in [0.1, 0.15) is 23.2 Å². The second-order valence-corrected chi connectivity index (χ2v) is 8.06. The highest BCUT2D eigenvalue weighted by atomic mass is 35.5. The van der Waals surface area contributed by atoms with Gasteiger partial charge in [-0.3, -0.25) is 14.6 Å². The van der Waals surface area contributed by atoms with E-state index in [9.17, 15) is 9.59 Å². The number of thiophene rings is 1. The van der Waals surface area contributed by atoms with Crippen LogP contribution in [-0.4, -0.2) is 47.4 Å². The molecule has 1 N–H and O–H groups in total. The second-order valence-electron chi connectivity index (χ2n) is 6.87. The molecule has 0 atom stereocenters. The summed E-state index contributed by atoms with van der Waals surface area (Å²) in [5, 5.41) is 8.15. The maximum Gasteiger partial charge on any atom is 0.260 e. The smallest absolute Gasteiger partial charge is 0.260 e. The predicted molar refractivity (Wildman–Crippen MR) is 114 cm³/mol. The summed E-state index contributed by atoms with van der Waals surface area (Å²) in [5.41, 5.74) is 1.33. The average Bonchev–Trinajstić information content (AvgIpc) is 3.29. The van der Waals surface area contributed by atoms with Crippen molar-refractivity contribution in [1.82, 2.24) is 15.2 Å². The first-order valence-corrected chi connectivity index (χ1v) is 10.7. The lowest BCUT2D eigenvalue weighted by atomic mass is 10.0. The number of amides is 2. The van der Waals surface area contributed by atoms with Gasteiger partial charge in [-0.2, -0.15) is 11.3 Å². The average molecular weight is 430 g/mol. The van der Waals surface area contributed by atoms with Crippen LogP contribution < -0.4 is 10.1 Å². The fraction of sp³-hybridized carbons (Fsp3) is 0.286. The number of nitrogens with zero attached hydrogens (tertiary/aromatic N) is 2. The molecule has 0 bridgehead atoms. The Hall–Kier alpha value is -2.64. The fourth-order valence-corrected chi connectivity index (χ4v) is 4.25. The van der Waals surface area contributed by atoms with E-state index in [2.05, 4.69) is 10.3 Å². The zero-order valence-corrected chi connectivity index (χ0v) is 17.2. The Balaban J connectivity index is 1.29. The van der Waals surface area contributed by atoms with Crippen molar-refractivity contribution in [3.8, 4) is 5.75 Å². The molecule has 0 radical (unpaired) electrons. The van der Waals surface area contributed by atoms with Crippen LogP contribution in [0.2, 0.25) is 5.02 Å². The molecule has 3 heterocycles. The predicted octanol–water partition coefficient (Wildman–Crippen LogP) is 3.75. The van der Waals surface area contributed by atoms with E-state index in [1.807, 2.05) is 29.0 Å². The molecule has 4 rings (SSSR count). The molecular formula is C21H20ClN3O3S. The molecule has 0 saturated carbocycles. The summed E-state index contributed by atoms with van der Waals surface area (Å²) in [6.07, 6.45) is 3.13. The number of pyridine rings is 1. The maximum atomic E-state index is 12.6. The number of ether oxygens (including phenoxy) is 1. The van der Waals surface area contributed by atoms with Crippen LogP contribution in [0.4, 0.5) is 0 Å². The topological polar surface area (TPSA) is 71.5 Å². The van der Waals surface area contributed by atoms with Crippen molar-refractivity contribution in [3.05, 3.63) is 57.9 Å². The van der Waals surface area contributed by atoms with Crippen LogP contribution in [0, 0.1) is 0 Å². The van der Waals surface area contributed by atoms with E-state index in [4.69, 9.17) is 16.3 Å². The lowest BCUT2D eigenvalue weighted by Crippen LogP contribution is -2.47. The number of carbonyl (C=O) groups excluding carboxylic acids is 2. The minimum Gasteiger partial charge on any atom is -0.481 e. The largest absolute Gasteiger partial charge is 0.481 e. The summed E-state index contributed by atoms with van der Waals surface area (Å²) in [6.45, 7) is 1.13. The first kappa shape index (κ1) is 19.7. The summed E-state index contributed by atoms with van der Waals surface area (Å²) in [7, 11) is 0. The normalized spacial score (nSPS) is 14.7. The third kappa shape index (κ3) is 4.52. The van der Waals surface area contributed by atoms with Crippen LogP contribution in [0.3, 0.4) is 0 Å². The highest BCUT2D eigenvalue weighted by Gasteiger charge is 2.24. The highest BCUT2D eigenvalue weighted by molar-refractivity contribution is 7.08. The molecule has 0 spiro atoms. The molecule has 6 nitrogen and oxygen atoms in total. The molecule has 29 heavy (non-hydrogen) atoms. The van der Waals surface area contributed by atoms with Crippen molar-refractivity contribution in [2.45, 2.75) is 18.9 Å². The SMILES string of the molecule is O=C(NC1CCN(C(=O)COc2ccc(Cl)c3cccnc23)CC1)c1ccsc1. The highest BCUT2D eigenvalue weighted by Crippen LogP contribution is 2.29. The van der Waals surface area contributed by atoms with Gasteiger partial charge in [0.15, 0.2) is 6.61 Å². The van der Waals surface area contributed by atoms with Gasteiger partial charge in [0.05, 0.1) is 5.02 Å². The van der Waals surface area contributed by atoms with E-state index < -0.39 is 0 Å². The maximum absolute atomic E-state index is 12.6. The molecule has 1 fully saturated rings. The zero-order valence-electron chi connectivity index (χ0n) is 15.6. The molecule has 150 valence electrons. The molecule has 3 aromatic rings. The summed E-state index contributed by atoms with van der Waals surface area (Å²) in [5.74, 6) is 0.407. The molecular weight excluding hydrogens is 410 g/mol. The molecule has 1 aliphatic rings. The number of halogens is 1. The van der Waals surface area contributed by atoms with Crippen molar-refractivity contribution in [1.29, 1.82) is 0 Å². The van der Waals surface area contributed by atoms with Gasteiger partial charge >= 0.3 is 0 Å². The van der Waals surface area contributed by atoms with Gasteiger partial charge in [0, 0.05) is 41.7 Å². The van der Waals surface area contributed by atoms with Crippen molar-refractivity contribution in [2.24, 2.45) is 0 Å². The Morgan fingerprint density at radius 1 is 1.24 bits per heavy atom. The third-order valence-electron chi connectivity index (χ3n) is 5.00. The van der Waals surface area contributed by atoms with E-state index in [1.54, 1.807) is 23.2 Å². The monoisotopic (exact) mass is 429 g/mol. The van der Waals surface area contributed by atoms with Crippen molar-refractivity contribution in [3.63, 3.8) is 0 Å². The Kier molecular flexibility index (Phi) is 5.97. The van der Waals surface area contributed by atoms with Gasteiger partial charge in [0.2, 0.25) is 0 Å². The second kappa shape index (κ2) is 8.80. The van der Waals surface area contributed by atoms with E-state index in [0.717, 1.165) is 18.2 Å². The number of hydrogen-bond acceptors (Lipinski definition) is 5. The lowest BCUT2D eigenvalue weighted by molar-refractivity contribution is -0.134. The number of nitrogens with one attached hydrogen (secondary N) is 1. The van der Waals surface area contributed by atoms with Gasteiger partial charge in [-0.25, -0.2) is 0 Å². The Labute approximate surface area is 177 Å². The minimum atomic E-state index is -0.0772. The Morgan fingerprint density at radius 2 is 2.07 bits per heavy atom. The molecule has 0 aliphatic carbocycles. The van der Waals surface area contributed by atoms with Crippen LogP contribution in [0.15, 0.2) is 47.3 Å². The lowest BCUT2D eigenvalue weighted by Gasteiger charge is -2.32. The van der Waals surface area contributed by atoms with Gasteiger partial charge in [-0.15, -0.1) is 0 Å². The quantitative estimate of drug-likeness (QED) is 0.670. The summed E-state index contributed by atoms with van der Waals surface area (Å²) < 4.78 is 5.75. The van der Waals surface area contributed by atoms with Crippen molar-refractivity contribution in [2.75, 3.05) is 19.7 Å². The van der Waals surface area contributed by atoms with Crippen LogP contribution in [0.25, 0.3) is 10.9 Å². The van der Waals surface area contributed by atoms with Gasteiger partial charge in [0.1, 0.15) is 11.3 Å². The van der Waals surface area contributed by atoms with Crippen LogP contribution in [0.5, 0.6) is 5.75 Å². The van der Waals surface area contributed by atoms with Crippen LogP contribution in [-0.2, 0) is 4.79 Å². The van der Waals surface area contributed by atoms with Gasteiger partial charge in [0.25, 0.3) is 11.8 Å². The van der Waals surface area contributed by atoms with Crippen molar-refractivity contribution >= 4 is 45.7 Å². The molecule has 1 saturated heterocycles. The Bertz CT molecular complexity index is 1020. The van der Waals surface area contributed by atoms with Crippen LogP contribution >= 0.6 is 22.9 Å². The van der Waals surface area contributed by atoms with E-state index in [0.29, 0.717) is 34.9 Å². The number of aromatic nitrogens is 1. The number of likely N-dealkylation sites (tertiary alicyclic amines) is 1. The minimum absolute atomic E-state index is 0.0542. The van der Waals surface area contributed by atoms with E-state index >= 15 is 0 Å². The van der Waals surface area contributed by atoms with Crippen molar-refractivity contribution < 1.29 is 14.3 Å². The van der Waals surface area contributed by atoms with E-state index in [1.165, 1.54) is 11.3 Å². The zero-order chi connectivity index (χ0) is 20.2. The molecule has 2 aromatic heterocycles. The molecule has 1 aliphatic heterocycles. The molecule has 8 heteroatoms. The van der Waals surface area contributed by atoms with Gasteiger partial charge in [-0.05, 0) is 48.6 Å². The summed E-state index contributed by atoms with van der Waals surface area (Å²) >= 11 is 7.70. The van der Waals surface area contributed by atoms with E-state index in [-0.39, 0.29) is 24.5 Å². The number of rotatable bonds is 5. The number of carbonyl (C=O) groups is 2. The molecule has 0 unspecified atom stereocenters. The third-order valence-corrected chi connectivity index (χ3v) is 6.01. The fourth-order valence-electron chi connectivity index (χ4n) is 3.39. The first-order chi connectivity index (χ1) is 14.1. The Morgan fingerprint density at radius 3 is 2.83 bits per heavy atom. The number of hydrogen-bond donors (Lipinski definition) is 1. The summed E-state index contributed by atoms with van der Waals surface area (Å²) in [4.78, 5) is 30.8. The number of fused-ring (bicyclic) bond motifs is 1. The first-order valence-electron chi connectivity index (χ1n) is 9.38. The number of benzene rings is 1.